The summed E-state index contributed by atoms with van der Waals surface area (Å²) in [6, 6.07) is 10.5. The van der Waals surface area contributed by atoms with Crippen LogP contribution in [-0.2, 0) is 11.3 Å². The minimum absolute atomic E-state index is 0.0473. The van der Waals surface area contributed by atoms with Crippen LogP contribution in [0.3, 0.4) is 0 Å². The molecule has 112 valence electrons. The summed E-state index contributed by atoms with van der Waals surface area (Å²) in [7, 11) is 2.12. The van der Waals surface area contributed by atoms with Gasteiger partial charge in [-0.1, -0.05) is 30.3 Å². The number of nitrogens with one attached hydrogen (secondary N) is 2. The average Bonchev–Trinajstić information content (AvgIpc) is 2.45. The van der Waals surface area contributed by atoms with Crippen molar-refractivity contribution in [2.24, 2.45) is 0 Å². The molecule has 0 spiro atoms. The van der Waals surface area contributed by atoms with E-state index in [4.69, 9.17) is 0 Å². The predicted octanol–water partition coefficient (Wildman–Crippen LogP) is 1.62. The van der Waals surface area contributed by atoms with Crippen molar-refractivity contribution in [3.05, 3.63) is 35.9 Å². The lowest BCUT2D eigenvalue weighted by atomic mass is 10.2. The van der Waals surface area contributed by atoms with Gasteiger partial charge in [0, 0.05) is 12.6 Å². The van der Waals surface area contributed by atoms with Crippen molar-refractivity contribution in [1.29, 1.82) is 0 Å². The summed E-state index contributed by atoms with van der Waals surface area (Å²) in [5, 5.41) is 6.08. The van der Waals surface area contributed by atoms with Gasteiger partial charge in [-0.25, -0.2) is 0 Å². The van der Waals surface area contributed by atoms with Crippen molar-refractivity contribution in [3.8, 4) is 0 Å². The fourth-order valence-corrected chi connectivity index (χ4v) is 1.77. The summed E-state index contributed by atoms with van der Waals surface area (Å²) in [4.78, 5) is 13.9. The first-order chi connectivity index (χ1) is 9.59. The van der Waals surface area contributed by atoms with Crippen LogP contribution < -0.4 is 10.6 Å². The smallest absolute Gasteiger partial charge is 0.234 e. The minimum Gasteiger partial charge on any atom is -0.351 e. The van der Waals surface area contributed by atoms with Crippen LogP contribution in [0.5, 0.6) is 0 Å². The van der Waals surface area contributed by atoms with E-state index in [9.17, 15) is 4.79 Å². The van der Waals surface area contributed by atoms with Crippen LogP contribution in [0.2, 0.25) is 0 Å². The third-order valence-electron chi connectivity index (χ3n) is 3.36. The molecule has 0 fully saturated rings. The monoisotopic (exact) mass is 277 g/mol. The molecule has 0 heterocycles. The number of rotatable bonds is 9. The first-order valence-electron chi connectivity index (χ1n) is 7.31. The average molecular weight is 277 g/mol. The molecule has 1 rings (SSSR count). The maximum Gasteiger partial charge on any atom is 0.234 e. The normalized spacial score (nSPS) is 11.1. The molecule has 0 atom stereocenters. The molecule has 0 saturated carbocycles. The van der Waals surface area contributed by atoms with E-state index >= 15 is 0 Å². The van der Waals surface area contributed by atoms with Gasteiger partial charge in [-0.05, 0) is 46.0 Å². The van der Waals surface area contributed by atoms with Crippen LogP contribution in [0.15, 0.2) is 30.3 Å². The van der Waals surface area contributed by atoms with Crippen molar-refractivity contribution >= 4 is 5.91 Å². The molecule has 1 amide bonds. The Labute approximate surface area is 122 Å². The number of hydrogen-bond donors (Lipinski definition) is 2. The van der Waals surface area contributed by atoms with E-state index in [0.29, 0.717) is 19.1 Å². The second kappa shape index (κ2) is 9.50. The van der Waals surface area contributed by atoms with Crippen LogP contribution in [0.4, 0.5) is 0 Å². The zero-order valence-electron chi connectivity index (χ0n) is 12.9. The van der Waals surface area contributed by atoms with Crippen molar-refractivity contribution in [3.63, 3.8) is 0 Å². The Morgan fingerprint density at radius 1 is 1.25 bits per heavy atom. The van der Waals surface area contributed by atoms with Gasteiger partial charge in [0.1, 0.15) is 0 Å². The molecule has 0 bridgehead atoms. The van der Waals surface area contributed by atoms with Gasteiger partial charge in [0.15, 0.2) is 0 Å². The molecule has 0 radical (unpaired) electrons. The molecular formula is C16H27N3O. The maximum atomic E-state index is 11.6. The number of amides is 1. The Balaban J connectivity index is 2.03. The van der Waals surface area contributed by atoms with Crippen LogP contribution >= 0.6 is 0 Å². The van der Waals surface area contributed by atoms with E-state index in [0.717, 1.165) is 25.1 Å². The second-order valence-electron chi connectivity index (χ2n) is 5.37. The molecule has 0 aliphatic heterocycles. The molecule has 0 aliphatic carbocycles. The summed E-state index contributed by atoms with van der Waals surface area (Å²) >= 11 is 0. The van der Waals surface area contributed by atoms with Crippen LogP contribution in [0.1, 0.15) is 25.8 Å². The number of hydrogen-bond acceptors (Lipinski definition) is 3. The quantitative estimate of drug-likeness (QED) is 0.674. The summed E-state index contributed by atoms with van der Waals surface area (Å²) in [6.07, 6.45) is 1.06. The van der Waals surface area contributed by atoms with Crippen molar-refractivity contribution in [2.45, 2.75) is 32.9 Å². The zero-order valence-corrected chi connectivity index (χ0v) is 12.9. The van der Waals surface area contributed by atoms with Crippen LogP contribution in [0.25, 0.3) is 0 Å². The highest BCUT2D eigenvalue weighted by Gasteiger charge is 2.03. The van der Waals surface area contributed by atoms with Gasteiger partial charge in [-0.3, -0.25) is 4.79 Å². The Hall–Kier alpha value is -1.39. The molecule has 4 heteroatoms. The molecule has 4 nitrogen and oxygen atoms in total. The molecule has 1 aromatic rings. The number of benzene rings is 1. The Bertz CT molecular complexity index is 379. The molecule has 20 heavy (non-hydrogen) atoms. The second-order valence-corrected chi connectivity index (χ2v) is 5.37. The van der Waals surface area contributed by atoms with Crippen LogP contribution in [-0.4, -0.2) is 43.5 Å². The lowest BCUT2D eigenvalue weighted by Gasteiger charge is -2.20. The van der Waals surface area contributed by atoms with Gasteiger partial charge >= 0.3 is 0 Å². The molecule has 0 aliphatic rings. The molecule has 0 unspecified atom stereocenters. The lowest BCUT2D eigenvalue weighted by molar-refractivity contribution is -0.120. The van der Waals surface area contributed by atoms with E-state index < -0.39 is 0 Å². The van der Waals surface area contributed by atoms with Gasteiger partial charge in [-0.2, -0.15) is 0 Å². The standard InChI is InChI=1S/C16H27N3O/c1-14(2)19(3)11-7-10-17-13-16(20)18-12-15-8-5-4-6-9-15/h4-6,8-9,14,17H,7,10-13H2,1-3H3,(H,18,20). The molecule has 0 saturated heterocycles. The summed E-state index contributed by atoms with van der Waals surface area (Å²) in [6.45, 7) is 7.27. The Morgan fingerprint density at radius 2 is 1.95 bits per heavy atom. The highest BCUT2D eigenvalue weighted by atomic mass is 16.1. The van der Waals surface area contributed by atoms with Crippen LogP contribution in [0, 0.1) is 0 Å². The van der Waals surface area contributed by atoms with E-state index in [-0.39, 0.29) is 5.91 Å². The summed E-state index contributed by atoms with van der Waals surface area (Å²) in [5.74, 6) is 0.0473. The highest BCUT2D eigenvalue weighted by Crippen LogP contribution is 1.97. The van der Waals surface area contributed by atoms with Gasteiger partial charge in [-0.15, -0.1) is 0 Å². The first kappa shape index (κ1) is 16.7. The van der Waals surface area contributed by atoms with Gasteiger partial charge in [0.05, 0.1) is 6.54 Å². The van der Waals surface area contributed by atoms with E-state index in [1.807, 2.05) is 30.3 Å². The van der Waals surface area contributed by atoms with Crippen molar-refractivity contribution in [1.82, 2.24) is 15.5 Å². The number of carbonyl (C=O) groups is 1. The zero-order chi connectivity index (χ0) is 14.8. The predicted molar refractivity (Wildman–Crippen MR) is 83.5 cm³/mol. The van der Waals surface area contributed by atoms with Gasteiger partial charge < -0.3 is 15.5 Å². The molecule has 1 aromatic carbocycles. The van der Waals surface area contributed by atoms with Gasteiger partial charge in [0.25, 0.3) is 0 Å². The summed E-state index contributed by atoms with van der Waals surface area (Å²) < 4.78 is 0. The highest BCUT2D eigenvalue weighted by molar-refractivity contribution is 5.77. The third kappa shape index (κ3) is 7.26. The Kier molecular flexibility index (Phi) is 7.92. The maximum absolute atomic E-state index is 11.6. The molecular weight excluding hydrogens is 250 g/mol. The van der Waals surface area contributed by atoms with E-state index in [1.54, 1.807) is 0 Å². The van der Waals surface area contributed by atoms with E-state index in [1.165, 1.54) is 0 Å². The number of nitrogens with zero attached hydrogens (tertiary/aromatic N) is 1. The summed E-state index contributed by atoms with van der Waals surface area (Å²) in [5.41, 5.74) is 1.12. The van der Waals surface area contributed by atoms with Crippen molar-refractivity contribution < 1.29 is 4.79 Å². The molecule has 2 N–H and O–H groups in total. The number of carbonyl (C=O) groups excluding carboxylic acids is 1. The fourth-order valence-electron chi connectivity index (χ4n) is 1.77. The van der Waals surface area contributed by atoms with Crippen molar-refractivity contribution in [2.75, 3.05) is 26.7 Å². The van der Waals surface area contributed by atoms with Gasteiger partial charge in [0.2, 0.25) is 5.91 Å². The molecule has 0 aromatic heterocycles. The third-order valence-corrected chi connectivity index (χ3v) is 3.36. The largest absolute Gasteiger partial charge is 0.351 e. The minimum atomic E-state index is 0.0473. The Morgan fingerprint density at radius 3 is 2.60 bits per heavy atom. The lowest BCUT2D eigenvalue weighted by Crippen LogP contribution is -2.35. The SMILES string of the molecule is CC(C)N(C)CCCNCC(=O)NCc1ccccc1. The van der Waals surface area contributed by atoms with E-state index in [2.05, 4.69) is 36.4 Å². The fraction of sp³-hybridized carbons (Fsp3) is 0.562. The first-order valence-corrected chi connectivity index (χ1v) is 7.31. The topological polar surface area (TPSA) is 44.4 Å².